The fourth-order valence-electron chi connectivity index (χ4n) is 5.55. The number of carbonyl (C=O) groups excluding carboxylic acids is 2. The Labute approximate surface area is 254 Å². The number of likely N-dealkylation sites (tertiary alicyclic amines) is 1. The molecule has 4 aromatic heterocycles. The van der Waals surface area contributed by atoms with Crippen LogP contribution in [0.2, 0.25) is 0 Å². The Morgan fingerprint density at radius 2 is 1.82 bits per heavy atom. The first-order chi connectivity index (χ1) is 21.0. The van der Waals surface area contributed by atoms with E-state index in [0.29, 0.717) is 30.5 Å². The predicted molar refractivity (Wildman–Crippen MR) is 163 cm³/mol. The van der Waals surface area contributed by atoms with Crippen molar-refractivity contribution in [1.29, 1.82) is 0 Å². The van der Waals surface area contributed by atoms with Gasteiger partial charge in [0.15, 0.2) is 5.65 Å². The molecule has 1 aromatic carbocycles. The smallest absolute Gasteiger partial charge is 0.410 e. The molecule has 0 aliphatic carbocycles. The van der Waals surface area contributed by atoms with Crippen molar-refractivity contribution >= 4 is 38.6 Å². The molecule has 12 nitrogen and oxygen atoms in total. The van der Waals surface area contributed by atoms with Crippen LogP contribution in [0.25, 0.3) is 27.7 Å². The van der Waals surface area contributed by atoms with Gasteiger partial charge in [0, 0.05) is 48.5 Å². The maximum atomic E-state index is 14.0. The molecule has 13 heteroatoms. The van der Waals surface area contributed by atoms with E-state index in [4.69, 9.17) is 4.74 Å². The SMILES string of the molecule is CC(C)(C)OC(=O)N1CCC[C@H]1C(=O)NCCc1cc2c(-c3cnn4ncccc34)ccnc2n1S(=O)(=O)c1ccccc1. The summed E-state index contributed by atoms with van der Waals surface area (Å²) in [6, 6.07) is 14.8. The van der Waals surface area contributed by atoms with Crippen LogP contribution in [-0.2, 0) is 26.0 Å². The summed E-state index contributed by atoms with van der Waals surface area (Å²) in [7, 11) is -4.05. The number of ether oxygens (including phenoxy) is 1. The molecule has 6 rings (SSSR count). The van der Waals surface area contributed by atoms with Crippen LogP contribution in [-0.4, -0.2) is 73.8 Å². The highest BCUT2D eigenvalue weighted by molar-refractivity contribution is 7.90. The average molecular weight is 616 g/mol. The number of rotatable bonds is 7. The van der Waals surface area contributed by atoms with Gasteiger partial charge < -0.3 is 10.1 Å². The van der Waals surface area contributed by atoms with Gasteiger partial charge >= 0.3 is 6.09 Å². The Kier molecular flexibility index (Phi) is 7.58. The van der Waals surface area contributed by atoms with Crippen LogP contribution >= 0.6 is 0 Å². The van der Waals surface area contributed by atoms with E-state index in [9.17, 15) is 18.0 Å². The van der Waals surface area contributed by atoms with Gasteiger partial charge in [-0.1, -0.05) is 18.2 Å². The number of fused-ring (bicyclic) bond motifs is 2. The van der Waals surface area contributed by atoms with Crippen LogP contribution in [0.4, 0.5) is 4.79 Å². The van der Waals surface area contributed by atoms with Crippen LogP contribution < -0.4 is 5.32 Å². The third-order valence-corrected chi connectivity index (χ3v) is 9.23. The van der Waals surface area contributed by atoms with Crippen molar-refractivity contribution in [3.05, 3.63) is 78.9 Å². The molecule has 5 heterocycles. The van der Waals surface area contributed by atoms with E-state index in [0.717, 1.165) is 16.6 Å². The highest BCUT2D eigenvalue weighted by atomic mass is 32.2. The van der Waals surface area contributed by atoms with Gasteiger partial charge in [-0.3, -0.25) is 9.69 Å². The van der Waals surface area contributed by atoms with Crippen LogP contribution in [0.3, 0.4) is 0 Å². The number of benzene rings is 1. The molecule has 0 bridgehead atoms. The van der Waals surface area contributed by atoms with Gasteiger partial charge in [0.2, 0.25) is 5.91 Å². The van der Waals surface area contributed by atoms with Crippen molar-refractivity contribution in [3.8, 4) is 11.1 Å². The summed E-state index contributed by atoms with van der Waals surface area (Å²) in [5.41, 5.74) is 2.34. The van der Waals surface area contributed by atoms with E-state index >= 15 is 0 Å². The average Bonchev–Trinajstić information content (AvgIpc) is 3.74. The molecule has 0 saturated carbocycles. The molecule has 1 N–H and O–H groups in total. The number of hydrogen-bond donors (Lipinski definition) is 1. The van der Waals surface area contributed by atoms with Gasteiger partial charge in [0.1, 0.15) is 11.6 Å². The number of amides is 2. The van der Waals surface area contributed by atoms with Gasteiger partial charge in [-0.25, -0.2) is 22.2 Å². The molecule has 44 heavy (non-hydrogen) atoms. The van der Waals surface area contributed by atoms with Gasteiger partial charge in [0.25, 0.3) is 10.0 Å². The van der Waals surface area contributed by atoms with Gasteiger partial charge in [-0.15, -0.1) is 0 Å². The number of carbonyl (C=O) groups is 2. The molecule has 2 amide bonds. The standard InChI is InChI=1S/C31H33N7O5S/c1-31(2,3)43-30(40)36-18-8-12-27(36)29(39)33-16-13-21-19-24-23(25-20-35-38-26(25)11-7-15-34-38)14-17-32-28(24)37(21)44(41,42)22-9-5-4-6-10-22/h4-7,9-11,14-15,17,19-20,27H,8,12-13,16,18H2,1-3H3,(H,33,39)/t27-/m0/s1. The third kappa shape index (κ3) is 5.50. The minimum Gasteiger partial charge on any atom is -0.444 e. The summed E-state index contributed by atoms with van der Waals surface area (Å²) >= 11 is 0. The highest BCUT2D eigenvalue weighted by Gasteiger charge is 2.36. The summed E-state index contributed by atoms with van der Waals surface area (Å²) < 4.78 is 36.3. The quantitative estimate of drug-likeness (QED) is 0.289. The fraction of sp³-hybridized carbons (Fsp3) is 0.323. The molecule has 0 unspecified atom stereocenters. The molecule has 1 atom stereocenters. The lowest BCUT2D eigenvalue weighted by atomic mass is 10.1. The molecule has 5 aromatic rings. The maximum Gasteiger partial charge on any atom is 0.410 e. The Morgan fingerprint density at radius 1 is 1.02 bits per heavy atom. The summed E-state index contributed by atoms with van der Waals surface area (Å²) in [4.78, 5) is 32.0. The van der Waals surface area contributed by atoms with Crippen molar-refractivity contribution in [2.45, 2.75) is 56.6 Å². The minimum absolute atomic E-state index is 0.120. The van der Waals surface area contributed by atoms with E-state index in [2.05, 4.69) is 20.5 Å². The zero-order valence-electron chi connectivity index (χ0n) is 24.7. The van der Waals surface area contributed by atoms with Crippen LogP contribution in [0.5, 0.6) is 0 Å². The largest absolute Gasteiger partial charge is 0.444 e. The van der Waals surface area contributed by atoms with E-state index < -0.39 is 27.8 Å². The second kappa shape index (κ2) is 11.4. The molecule has 1 aliphatic heterocycles. The maximum absolute atomic E-state index is 14.0. The van der Waals surface area contributed by atoms with Gasteiger partial charge in [0.05, 0.1) is 16.6 Å². The molecule has 1 fully saturated rings. The summed E-state index contributed by atoms with van der Waals surface area (Å²) in [5, 5.41) is 12.1. The topological polar surface area (TPSA) is 141 Å². The summed E-state index contributed by atoms with van der Waals surface area (Å²) in [5.74, 6) is -0.306. The Morgan fingerprint density at radius 3 is 2.59 bits per heavy atom. The van der Waals surface area contributed by atoms with Gasteiger partial charge in [-0.05, 0) is 75.6 Å². The van der Waals surface area contributed by atoms with E-state index in [1.807, 2.05) is 18.2 Å². The summed E-state index contributed by atoms with van der Waals surface area (Å²) in [6.45, 7) is 5.93. The number of nitrogens with zero attached hydrogens (tertiary/aromatic N) is 6. The molecular weight excluding hydrogens is 582 g/mol. The first-order valence-electron chi connectivity index (χ1n) is 14.4. The van der Waals surface area contributed by atoms with Crippen LogP contribution in [0, 0.1) is 0 Å². The van der Waals surface area contributed by atoms with Crippen molar-refractivity contribution in [1.82, 2.24) is 34.0 Å². The molecule has 1 saturated heterocycles. The summed E-state index contributed by atoms with van der Waals surface area (Å²) in [6.07, 6.45) is 5.79. The third-order valence-electron chi connectivity index (χ3n) is 7.47. The van der Waals surface area contributed by atoms with E-state index in [-0.39, 0.29) is 29.4 Å². The van der Waals surface area contributed by atoms with Crippen molar-refractivity contribution in [3.63, 3.8) is 0 Å². The van der Waals surface area contributed by atoms with Crippen molar-refractivity contribution < 1.29 is 22.7 Å². The first kappa shape index (κ1) is 29.3. The van der Waals surface area contributed by atoms with Crippen LogP contribution in [0.1, 0.15) is 39.3 Å². The zero-order chi connectivity index (χ0) is 31.1. The minimum atomic E-state index is -4.05. The molecular formula is C31H33N7O5S. The lowest BCUT2D eigenvalue weighted by Gasteiger charge is -2.28. The van der Waals surface area contributed by atoms with Crippen molar-refractivity contribution in [2.75, 3.05) is 13.1 Å². The second-order valence-corrected chi connectivity index (χ2v) is 13.4. The van der Waals surface area contributed by atoms with Crippen LogP contribution in [0.15, 0.2) is 78.1 Å². The molecule has 0 spiro atoms. The number of pyridine rings is 1. The molecule has 228 valence electrons. The Balaban J connectivity index is 1.33. The first-order valence-corrected chi connectivity index (χ1v) is 15.9. The zero-order valence-corrected chi connectivity index (χ0v) is 25.5. The van der Waals surface area contributed by atoms with Crippen molar-refractivity contribution in [2.24, 2.45) is 0 Å². The van der Waals surface area contributed by atoms with Gasteiger partial charge in [-0.2, -0.15) is 14.8 Å². The Bertz CT molecular complexity index is 1960. The second-order valence-electron chi connectivity index (χ2n) is 11.6. The number of nitrogens with one attached hydrogen (secondary N) is 1. The highest BCUT2D eigenvalue weighted by Crippen LogP contribution is 2.34. The predicted octanol–water partition coefficient (Wildman–Crippen LogP) is 4.04. The lowest BCUT2D eigenvalue weighted by molar-refractivity contribution is -0.125. The number of aromatic nitrogens is 5. The van der Waals surface area contributed by atoms with E-state index in [1.165, 1.54) is 13.5 Å². The normalized spacial score (nSPS) is 15.6. The molecule has 0 radical (unpaired) electrons. The molecule has 1 aliphatic rings. The fourth-order valence-corrected chi connectivity index (χ4v) is 7.09. The monoisotopic (exact) mass is 615 g/mol. The number of hydrogen-bond acceptors (Lipinski definition) is 8. The lowest BCUT2D eigenvalue weighted by Crippen LogP contribution is -2.47. The van der Waals surface area contributed by atoms with E-state index in [1.54, 1.807) is 75.8 Å². The Hall–Kier alpha value is -4.78.